The van der Waals surface area contributed by atoms with Gasteiger partial charge in [0.05, 0.1) is 17.7 Å². The monoisotopic (exact) mass is 414 g/mol. The summed E-state index contributed by atoms with van der Waals surface area (Å²) in [6.07, 6.45) is 2.00. The fourth-order valence-electron chi connectivity index (χ4n) is 2.51. The van der Waals surface area contributed by atoms with Crippen molar-refractivity contribution in [3.8, 4) is 0 Å². The van der Waals surface area contributed by atoms with Crippen LogP contribution in [0.15, 0.2) is 16.6 Å². The Hall–Kier alpha value is -1.64. The molecule has 1 saturated carbocycles. The molecule has 2 fully saturated rings. The zero-order valence-electron chi connectivity index (χ0n) is 12.9. The minimum Gasteiger partial charge on any atom is -0.339 e. The molecule has 1 aromatic rings. The molecule has 1 aliphatic heterocycles. The van der Waals surface area contributed by atoms with Crippen molar-refractivity contribution in [2.24, 2.45) is 0 Å². The first-order valence-electron chi connectivity index (χ1n) is 7.48. The summed E-state index contributed by atoms with van der Waals surface area (Å²) in [6.45, 7) is 0. The number of halogens is 2. The van der Waals surface area contributed by atoms with Crippen LogP contribution >= 0.6 is 27.5 Å². The van der Waals surface area contributed by atoms with E-state index < -0.39 is 11.9 Å². The number of hydrazine groups is 1. The molecule has 0 spiro atoms. The normalized spacial score (nSPS) is 19.8. The van der Waals surface area contributed by atoms with Crippen LogP contribution in [-0.2, 0) is 9.59 Å². The lowest BCUT2D eigenvalue weighted by Crippen LogP contribution is -2.40. The van der Waals surface area contributed by atoms with Crippen molar-refractivity contribution in [3.05, 3.63) is 27.2 Å². The van der Waals surface area contributed by atoms with Gasteiger partial charge in [-0.05, 0) is 40.9 Å². The fourth-order valence-corrected chi connectivity index (χ4v) is 3.42. The number of nitrogens with zero attached hydrogens (tertiary/aromatic N) is 1. The first-order chi connectivity index (χ1) is 11.4. The maximum Gasteiger partial charge on any atom is 0.256 e. The SMILES string of the molecule is CN(C(=O)c1cc(Cl)cc(Br)c1NC(=O)C1CC(=O)NN1)C1CC1. The minimum atomic E-state index is -0.691. The third-order valence-electron chi connectivity index (χ3n) is 4.04. The number of hydrogen-bond donors (Lipinski definition) is 3. The predicted octanol–water partition coefficient (Wildman–Crippen LogP) is 1.67. The Kier molecular flexibility index (Phi) is 4.80. The molecule has 1 heterocycles. The van der Waals surface area contributed by atoms with Crippen molar-refractivity contribution in [1.82, 2.24) is 15.8 Å². The molecule has 1 atom stereocenters. The van der Waals surface area contributed by atoms with E-state index in [1.807, 2.05) is 0 Å². The van der Waals surface area contributed by atoms with Crippen LogP contribution in [0.2, 0.25) is 5.02 Å². The zero-order chi connectivity index (χ0) is 17.4. The van der Waals surface area contributed by atoms with Gasteiger partial charge in [0.15, 0.2) is 0 Å². The van der Waals surface area contributed by atoms with Gasteiger partial charge in [0.1, 0.15) is 6.04 Å². The first kappa shape index (κ1) is 17.2. The number of amides is 3. The second-order valence-corrected chi connectivity index (χ2v) is 7.19. The van der Waals surface area contributed by atoms with Crippen molar-refractivity contribution in [2.75, 3.05) is 12.4 Å². The second-order valence-electron chi connectivity index (χ2n) is 5.90. The Labute approximate surface area is 152 Å². The number of hydrogen-bond acceptors (Lipinski definition) is 4. The molecule has 0 radical (unpaired) electrons. The highest BCUT2D eigenvalue weighted by Gasteiger charge is 2.33. The summed E-state index contributed by atoms with van der Waals surface area (Å²) in [6, 6.07) is 2.69. The van der Waals surface area contributed by atoms with Gasteiger partial charge < -0.3 is 10.2 Å². The Balaban J connectivity index is 1.87. The number of rotatable bonds is 4. The van der Waals surface area contributed by atoms with Crippen LogP contribution in [0.5, 0.6) is 0 Å². The molecule has 0 bridgehead atoms. The standard InChI is InChI=1S/C15H16BrClN4O3/c1-21(8-2-3-8)15(24)9-4-7(17)5-10(16)13(9)18-14(23)11-6-12(22)20-19-11/h4-5,8,11,19H,2-3,6H2,1H3,(H,18,23)(H,20,22). The number of nitrogens with one attached hydrogen (secondary N) is 3. The Bertz CT molecular complexity index is 723. The van der Waals surface area contributed by atoms with Crippen molar-refractivity contribution in [2.45, 2.75) is 31.3 Å². The average Bonchev–Trinajstić information content (AvgIpc) is 3.29. The van der Waals surface area contributed by atoms with Crippen LogP contribution in [-0.4, -0.2) is 41.8 Å². The van der Waals surface area contributed by atoms with Crippen molar-refractivity contribution in [3.63, 3.8) is 0 Å². The van der Waals surface area contributed by atoms with E-state index in [1.54, 1.807) is 18.0 Å². The van der Waals surface area contributed by atoms with Gasteiger partial charge >= 0.3 is 0 Å². The Morgan fingerprint density at radius 3 is 2.67 bits per heavy atom. The Morgan fingerprint density at radius 2 is 2.08 bits per heavy atom. The van der Waals surface area contributed by atoms with Crippen LogP contribution in [0.4, 0.5) is 5.69 Å². The average molecular weight is 416 g/mol. The van der Waals surface area contributed by atoms with E-state index in [0.29, 0.717) is 20.7 Å². The summed E-state index contributed by atoms with van der Waals surface area (Å²) in [5.41, 5.74) is 5.65. The van der Waals surface area contributed by atoms with E-state index in [2.05, 4.69) is 32.1 Å². The van der Waals surface area contributed by atoms with Crippen LogP contribution in [0.1, 0.15) is 29.6 Å². The molecule has 7 nitrogen and oxygen atoms in total. The van der Waals surface area contributed by atoms with E-state index in [1.165, 1.54) is 6.07 Å². The highest BCUT2D eigenvalue weighted by Crippen LogP contribution is 2.34. The summed E-state index contributed by atoms with van der Waals surface area (Å²) in [4.78, 5) is 37.9. The number of carbonyl (C=O) groups is 3. The van der Waals surface area contributed by atoms with Gasteiger partial charge in [-0.2, -0.15) is 0 Å². The third kappa shape index (κ3) is 3.55. The van der Waals surface area contributed by atoms with Crippen LogP contribution in [0, 0.1) is 0 Å². The van der Waals surface area contributed by atoms with Gasteiger partial charge in [0, 0.05) is 22.6 Å². The molecule has 1 unspecified atom stereocenters. The van der Waals surface area contributed by atoms with Crippen LogP contribution in [0.25, 0.3) is 0 Å². The summed E-state index contributed by atoms with van der Waals surface area (Å²) in [7, 11) is 1.74. The summed E-state index contributed by atoms with van der Waals surface area (Å²) < 4.78 is 0.508. The maximum absolute atomic E-state index is 12.7. The van der Waals surface area contributed by atoms with Crippen molar-refractivity contribution < 1.29 is 14.4 Å². The fraction of sp³-hybridized carbons (Fsp3) is 0.400. The van der Waals surface area contributed by atoms with Crippen molar-refractivity contribution >= 4 is 50.9 Å². The van der Waals surface area contributed by atoms with E-state index >= 15 is 0 Å². The number of carbonyl (C=O) groups excluding carboxylic acids is 3. The highest BCUT2D eigenvalue weighted by atomic mass is 79.9. The Morgan fingerprint density at radius 1 is 1.38 bits per heavy atom. The minimum absolute atomic E-state index is 0.0439. The van der Waals surface area contributed by atoms with E-state index in [9.17, 15) is 14.4 Å². The molecule has 24 heavy (non-hydrogen) atoms. The predicted molar refractivity (Wildman–Crippen MR) is 92.6 cm³/mol. The molecular formula is C15H16BrClN4O3. The third-order valence-corrected chi connectivity index (χ3v) is 4.88. The van der Waals surface area contributed by atoms with Gasteiger partial charge in [-0.25, -0.2) is 5.43 Å². The van der Waals surface area contributed by atoms with Gasteiger partial charge in [-0.1, -0.05) is 11.6 Å². The van der Waals surface area contributed by atoms with Gasteiger partial charge in [0.2, 0.25) is 11.8 Å². The zero-order valence-corrected chi connectivity index (χ0v) is 15.2. The van der Waals surface area contributed by atoms with Gasteiger partial charge in [-0.15, -0.1) is 0 Å². The lowest BCUT2D eigenvalue weighted by Gasteiger charge is -2.20. The topological polar surface area (TPSA) is 90.5 Å². The molecule has 3 N–H and O–H groups in total. The molecule has 3 amide bonds. The largest absolute Gasteiger partial charge is 0.339 e. The molecular weight excluding hydrogens is 400 g/mol. The summed E-state index contributed by atoms with van der Waals surface area (Å²) >= 11 is 9.41. The number of benzene rings is 1. The van der Waals surface area contributed by atoms with Crippen LogP contribution in [0.3, 0.4) is 0 Å². The van der Waals surface area contributed by atoms with E-state index in [4.69, 9.17) is 11.6 Å². The molecule has 0 aromatic heterocycles. The first-order valence-corrected chi connectivity index (χ1v) is 8.65. The van der Waals surface area contributed by atoms with E-state index in [-0.39, 0.29) is 24.3 Å². The summed E-state index contributed by atoms with van der Waals surface area (Å²) in [5.74, 6) is -0.862. The molecule has 1 saturated heterocycles. The molecule has 128 valence electrons. The summed E-state index contributed by atoms with van der Waals surface area (Å²) in [5, 5.41) is 3.11. The highest BCUT2D eigenvalue weighted by molar-refractivity contribution is 9.10. The molecule has 3 rings (SSSR count). The molecule has 9 heteroatoms. The maximum atomic E-state index is 12.7. The molecule has 2 aliphatic rings. The molecule has 1 aromatic carbocycles. The van der Waals surface area contributed by atoms with E-state index in [0.717, 1.165) is 12.8 Å². The van der Waals surface area contributed by atoms with Crippen LogP contribution < -0.4 is 16.2 Å². The molecule has 1 aliphatic carbocycles. The lowest BCUT2D eigenvalue weighted by atomic mass is 10.1. The van der Waals surface area contributed by atoms with Gasteiger partial charge in [0.25, 0.3) is 5.91 Å². The van der Waals surface area contributed by atoms with Gasteiger partial charge in [-0.3, -0.25) is 19.8 Å². The smallest absolute Gasteiger partial charge is 0.256 e. The van der Waals surface area contributed by atoms with Crippen molar-refractivity contribution in [1.29, 1.82) is 0 Å². The second kappa shape index (κ2) is 6.70. The quantitative estimate of drug-likeness (QED) is 0.698. The lowest BCUT2D eigenvalue weighted by molar-refractivity contribution is -0.121. The number of anilines is 1.